The standard InChI is InChI=1S/C14H21N3O4/c1-3-20-12-6-4-5-7-13(12)21-10-16-14(19)17(9-8-15)11(2)18/h4-7H,3,8-10,15H2,1-2H3,(H,16,19). The van der Waals surface area contributed by atoms with Crippen molar-refractivity contribution in [1.82, 2.24) is 10.2 Å². The van der Waals surface area contributed by atoms with E-state index < -0.39 is 6.03 Å². The van der Waals surface area contributed by atoms with Gasteiger partial charge in [0.25, 0.3) is 0 Å². The molecule has 0 radical (unpaired) electrons. The maximum atomic E-state index is 11.8. The molecule has 3 amide bonds. The molecule has 3 N–H and O–H groups in total. The highest BCUT2D eigenvalue weighted by Gasteiger charge is 2.16. The fraction of sp³-hybridized carbons (Fsp3) is 0.429. The van der Waals surface area contributed by atoms with E-state index in [0.29, 0.717) is 18.1 Å². The number of hydrogen-bond donors (Lipinski definition) is 2. The first-order chi connectivity index (χ1) is 10.1. The minimum absolute atomic E-state index is 0.0722. The van der Waals surface area contributed by atoms with Crippen LogP contribution in [-0.2, 0) is 4.79 Å². The summed E-state index contributed by atoms with van der Waals surface area (Å²) in [6.07, 6.45) is 0. The van der Waals surface area contributed by atoms with Gasteiger partial charge in [0.2, 0.25) is 5.91 Å². The van der Waals surface area contributed by atoms with E-state index in [-0.39, 0.29) is 25.7 Å². The number of amides is 3. The van der Waals surface area contributed by atoms with Gasteiger partial charge in [-0.05, 0) is 19.1 Å². The van der Waals surface area contributed by atoms with Gasteiger partial charge in [-0.25, -0.2) is 4.79 Å². The summed E-state index contributed by atoms with van der Waals surface area (Å²) >= 11 is 0. The van der Waals surface area contributed by atoms with Crippen molar-refractivity contribution < 1.29 is 19.1 Å². The molecule has 0 atom stereocenters. The second-order valence-corrected chi connectivity index (χ2v) is 4.11. The maximum absolute atomic E-state index is 11.8. The zero-order valence-electron chi connectivity index (χ0n) is 12.3. The highest BCUT2D eigenvalue weighted by atomic mass is 16.5. The summed E-state index contributed by atoms with van der Waals surface area (Å²) in [4.78, 5) is 24.1. The van der Waals surface area contributed by atoms with Gasteiger partial charge in [0, 0.05) is 20.0 Å². The molecule has 0 bridgehead atoms. The van der Waals surface area contributed by atoms with E-state index in [1.54, 1.807) is 18.2 Å². The molecule has 0 fully saturated rings. The van der Waals surface area contributed by atoms with E-state index >= 15 is 0 Å². The molecule has 1 aromatic rings. The molecule has 7 nitrogen and oxygen atoms in total. The molecule has 0 saturated carbocycles. The molecule has 0 heterocycles. The number of benzene rings is 1. The van der Waals surface area contributed by atoms with Crippen molar-refractivity contribution in [1.29, 1.82) is 0 Å². The highest BCUT2D eigenvalue weighted by Crippen LogP contribution is 2.25. The Bertz CT molecular complexity index is 479. The monoisotopic (exact) mass is 295 g/mol. The van der Waals surface area contributed by atoms with Gasteiger partial charge in [-0.1, -0.05) is 12.1 Å². The average Bonchev–Trinajstić information content (AvgIpc) is 2.46. The van der Waals surface area contributed by atoms with Crippen LogP contribution in [0.3, 0.4) is 0 Å². The third kappa shape index (κ3) is 5.31. The minimum atomic E-state index is -0.540. The van der Waals surface area contributed by atoms with Crippen LogP contribution in [0, 0.1) is 0 Å². The summed E-state index contributed by atoms with van der Waals surface area (Å²) in [5.41, 5.74) is 5.36. The first-order valence-corrected chi connectivity index (χ1v) is 6.70. The van der Waals surface area contributed by atoms with Gasteiger partial charge in [-0.2, -0.15) is 0 Å². The fourth-order valence-corrected chi connectivity index (χ4v) is 1.65. The van der Waals surface area contributed by atoms with Crippen LogP contribution in [0.4, 0.5) is 4.79 Å². The summed E-state index contributed by atoms with van der Waals surface area (Å²) in [7, 11) is 0. The predicted octanol–water partition coefficient (Wildman–Crippen LogP) is 0.938. The molecule has 0 spiro atoms. The Morgan fingerprint density at radius 3 is 2.38 bits per heavy atom. The molecule has 0 aliphatic rings. The van der Waals surface area contributed by atoms with Crippen molar-refractivity contribution in [2.24, 2.45) is 5.73 Å². The number of imide groups is 1. The van der Waals surface area contributed by atoms with Crippen molar-refractivity contribution in [2.45, 2.75) is 13.8 Å². The van der Waals surface area contributed by atoms with Crippen LogP contribution < -0.4 is 20.5 Å². The number of nitrogens with zero attached hydrogens (tertiary/aromatic N) is 1. The summed E-state index contributed by atoms with van der Waals surface area (Å²) < 4.78 is 10.8. The Labute approximate surface area is 124 Å². The maximum Gasteiger partial charge on any atom is 0.326 e. The second-order valence-electron chi connectivity index (χ2n) is 4.11. The van der Waals surface area contributed by atoms with Crippen molar-refractivity contribution >= 4 is 11.9 Å². The number of para-hydroxylation sites is 2. The third-order valence-electron chi connectivity index (χ3n) is 2.58. The van der Waals surface area contributed by atoms with Crippen LogP contribution in [0.15, 0.2) is 24.3 Å². The molecular weight excluding hydrogens is 274 g/mol. The van der Waals surface area contributed by atoms with Crippen LogP contribution in [0.5, 0.6) is 11.5 Å². The van der Waals surface area contributed by atoms with E-state index in [0.717, 1.165) is 4.90 Å². The second kappa shape index (κ2) is 8.80. The summed E-state index contributed by atoms with van der Waals surface area (Å²) in [5.74, 6) is 0.750. The fourth-order valence-electron chi connectivity index (χ4n) is 1.65. The van der Waals surface area contributed by atoms with Crippen LogP contribution in [0.2, 0.25) is 0 Å². The molecule has 1 rings (SSSR count). The number of nitrogens with two attached hydrogens (primary N) is 1. The first kappa shape index (κ1) is 16.8. The Balaban J connectivity index is 2.53. The van der Waals surface area contributed by atoms with Crippen molar-refractivity contribution in [3.05, 3.63) is 24.3 Å². The van der Waals surface area contributed by atoms with E-state index in [4.69, 9.17) is 15.2 Å². The predicted molar refractivity (Wildman–Crippen MR) is 78.1 cm³/mol. The largest absolute Gasteiger partial charge is 0.490 e. The Hall–Kier alpha value is -2.28. The van der Waals surface area contributed by atoms with E-state index in [2.05, 4.69) is 5.32 Å². The molecular formula is C14H21N3O4. The molecule has 0 unspecified atom stereocenters. The Morgan fingerprint density at radius 2 is 1.86 bits per heavy atom. The molecule has 0 aliphatic carbocycles. The van der Waals surface area contributed by atoms with Crippen molar-refractivity contribution in [3.63, 3.8) is 0 Å². The quantitative estimate of drug-likeness (QED) is 0.730. The zero-order chi connectivity index (χ0) is 15.7. The summed E-state index contributed by atoms with van der Waals surface area (Å²) in [5, 5.41) is 2.50. The lowest BCUT2D eigenvalue weighted by atomic mass is 10.3. The Morgan fingerprint density at radius 1 is 1.24 bits per heavy atom. The molecule has 21 heavy (non-hydrogen) atoms. The van der Waals surface area contributed by atoms with E-state index in [1.807, 2.05) is 13.0 Å². The molecule has 1 aromatic carbocycles. The number of ether oxygens (including phenoxy) is 2. The van der Waals surface area contributed by atoms with Gasteiger partial charge >= 0.3 is 6.03 Å². The smallest absolute Gasteiger partial charge is 0.326 e. The third-order valence-corrected chi connectivity index (χ3v) is 2.58. The average molecular weight is 295 g/mol. The van der Waals surface area contributed by atoms with Crippen LogP contribution in [0.1, 0.15) is 13.8 Å². The zero-order valence-corrected chi connectivity index (χ0v) is 12.3. The van der Waals surface area contributed by atoms with Gasteiger partial charge in [0.1, 0.15) is 0 Å². The SMILES string of the molecule is CCOc1ccccc1OCNC(=O)N(CCN)C(C)=O. The molecule has 0 saturated heterocycles. The highest BCUT2D eigenvalue weighted by molar-refractivity contribution is 5.93. The molecule has 0 aliphatic heterocycles. The lowest BCUT2D eigenvalue weighted by Crippen LogP contribution is -2.46. The number of hydrogen-bond acceptors (Lipinski definition) is 5. The molecule has 7 heteroatoms. The normalized spacial score (nSPS) is 9.86. The number of urea groups is 1. The lowest BCUT2D eigenvalue weighted by molar-refractivity contribution is -0.125. The van der Waals surface area contributed by atoms with Gasteiger partial charge < -0.3 is 20.5 Å². The molecule has 116 valence electrons. The first-order valence-electron chi connectivity index (χ1n) is 6.70. The van der Waals surface area contributed by atoms with Crippen molar-refractivity contribution in [3.8, 4) is 11.5 Å². The summed E-state index contributed by atoms with van der Waals surface area (Å²) in [6.45, 7) is 3.99. The number of nitrogens with one attached hydrogen (secondary N) is 1. The van der Waals surface area contributed by atoms with Gasteiger partial charge in [-0.15, -0.1) is 0 Å². The lowest BCUT2D eigenvalue weighted by Gasteiger charge is -2.19. The number of carbonyl (C=O) groups excluding carboxylic acids is 2. The summed E-state index contributed by atoms with van der Waals surface area (Å²) in [6, 6.07) is 6.60. The molecule has 0 aromatic heterocycles. The van der Waals surface area contributed by atoms with E-state index in [9.17, 15) is 9.59 Å². The van der Waals surface area contributed by atoms with Crippen LogP contribution in [-0.4, -0.2) is 43.3 Å². The Kier molecular flexibility index (Phi) is 7.03. The topological polar surface area (TPSA) is 93.9 Å². The number of carbonyl (C=O) groups is 2. The van der Waals surface area contributed by atoms with Crippen LogP contribution >= 0.6 is 0 Å². The van der Waals surface area contributed by atoms with Gasteiger partial charge in [-0.3, -0.25) is 9.69 Å². The minimum Gasteiger partial charge on any atom is -0.490 e. The number of rotatable bonds is 7. The van der Waals surface area contributed by atoms with Gasteiger partial charge in [0.05, 0.1) is 6.61 Å². The van der Waals surface area contributed by atoms with E-state index in [1.165, 1.54) is 6.92 Å². The van der Waals surface area contributed by atoms with Crippen LogP contribution in [0.25, 0.3) is 0 Å². The van der Waals surface area contributed by atoms with Crippen molar-refractivity contribution in [2.75, 3.05) is 26.4 Å². The van der Waals surface area contributed by atoms with Gasteiger partial charge in [0.15, 0.2) is 18.2 Å².